The topological polar surface area (TPSA) is 118 Å². The molecular weight excluding hydrogens is 388 g/mol. The summed E-state index contributed by atoms with van der Waals surface area (Å²) in [5, 5.41) is 7.54. The molecule has 0 aromatic heterocycles. The number of amides is 3. The van der Waals surface area contributed by atoms with Crippen LogP contribution in [-0.2, 0) is 14.3 Å². The van der Waals surface area contributed by atoms with Crippen LogP contribution in [-0.4, -0.2) is 30.5 Å². The highest BCUT2D eigenvalue weighted by Gasteiger charge is 2.13. The average Bonchev–Trinajstić information content (AvgIpc) is 2.70. The molecule has 2 aromatic carbocycles. The highest BCUT2D eigenvalue weighted by molar-refractivity contribution is 6.04. The average molecular weight is 412 g/mol. The third-order valence-corrected chi connectivity index (χ3v) is 3.57. The molecule has 2 aromatic rings. The Kier molecular flexibility index (Phi) is 8.37. The Labute approximate surface area is 174 Å². The highest BCUT2D eigenvalue weighted by atomic mass is 16.5. The summed E-state index contributed by atoms with van der Waals surface area (Å²) >= 11 is 0. The number of ether oxygens (including phenoxy) is 2. The molecule has 9 heteroatoms. The first-order valence-electron chi connectivity index (χ1n) is 9.38. The number of guanidine groups is 1. The van der Waals surface area contributed by atoms with Crippen molar-refractivity contribution in [3.05, 3.63) is 48.5 Å². The second-order valence-electron chi connectivity index (χ2n) is 5.98. The minimum absolute atomic E-state index is 0.135. The Bertz CT molecular complexity index is 928. The van der Waals surface area contributed by atoms with Crippen molar-refractivity contribution in [2.24, 2.45) is 4.99 Å². The van der Waals surface area contributed by atoms with Gasteiger partial charge in [-0.3, -0.25) is 20.2 Å². The summed E-state index contributed by atoms with van der Waals surface area (Å²) in [5.41, 5.74) is 0.638. The van der Waals surface area contributed by atoms with Crippen LogP contribution in [0.15, 0.2) is 53.5 Å². The van der Waals surface area contributed by atoms with Crippen LogP contribution in [0.3, 0.4) is 0 Å². The van der Waals surface area contributed by atoms with Crippen LogP contribution in [0, 0.1) is 0 Å². The van der Waals surface area contributed by atoms with Gasteiger partial charge in [0.05, 0.1) is 18.0 Å². The Morgan fingerprint density at radius 3 is 2.33 bits per heavy atom. The summed E-state index contributed by atoms with van der Waals surface area (Å²) in [7, 11) is 0. The molecule has 9 nitrogen and oxygen atoms in total. The summed E-state index contributed by atoms with van der Waals surface area (Å²) in [6.45, 7) is 4.82. The number of carbonyl (C=O) groups excluding carboxylic acids is 3. The molecule has 0 atom stereocenters. The first-order valence-corrected chi connectivity index (χ1v) is 9.38. The molecule has 0 fully saturated rings. The Morgan fingerprint density at radius 1 is 0.967 bits per heavy atom. The standard InChI is InChI=1S/C21H24N4O5/c1-4-19(27)24-20(25-21(28)29-5-2)23-18-13-16(11-12-17(18)22-14(3)26)30-15-9-7-6-8-10-15/h6-13H,4-5H2,1-3H3,(H,22,26)(H2,23,24,25,27,28). The first kappa shape index (κ1) is 22.4. The lowest BCUT2D eigenvalue weighted by molar-refractivity contribution is -0.119. The van der Waals surface area contributed by atoms with E-state index >= 15 is 0 Å². The zero-order valence-electron chi connectivity index (χ0n) is 17.0. The van der Waals surface area contributed by atoms with Gasteiger partial charge in [0.25, 0.3) is 0 Å². The van der Waals surface area contributed by atoms with Gasteiger partial charge in [-0.05, 0) is 31.2 Å². The monoisotopic (exact) mass is 412 g/mol. The van der Waals surface area contributed by atoms with Crippen molar-refractivity contribution in [1.29, 1.82) is 0 Å². The number of nitrogens with one attached hydrogen (secondary N) is 3. The van der Waals surface area contributed by atoms with Crippen molar-refractivity contribution < 1.29 is 23.9 Å². The molecule has 0 heterocycles. The van der Waals surface area contributed by atoms with E-state index in [1.165, 1.54) is 6.92 Å². The molecule has 0 saturated heterocycles. The van der Waals surface area contributed by atoms with Gasteiger partial charge in [0.15, 0.2) is 0 Å². The van der Waals surface area contributed by atoms with Gasteiger partial charge in [0.2, 0.25) is 17.8 Å². The number of para-hydroxylation sites is 1. The van der Waals surface area contributed by atoms with E-state index in [-0.39, 0.29) is 36.5 Å². The van der Waals surface area contributed by atoms with Crippen LogP contribution in [0.1, 0.15) is 27.2 Å². The summed E-state index contributed by atoms with van der Waals surface area (Å²) in [6, 6.07) is 14.0. The zero-order chi connectivity index (χ0) is 21.9. The van der Waals surface area contributed by atoms with Gasteiger partial charge in [-0.1, -0.05) is 25.1 Å². The van der Waals surface area contributed by atoms with Crippen LogP contribution >= 0.6 is 0 Å². The van der Waals surface area contributed by atoms with Crippen LogP contribution < -0.4 is 20.7 Å². The van der Waals surface area contributed by atoms with Crippen molar-refractivity contribution in [1.82, 2.24) is 10.6 Å². The van der Waals surface area contributed by atoms with Crippen LogP contribution in [0.2, 0.25) is 0 Å². The molecule has 0 bridgehead atoms. The molecule has 0 radical (unpaired) electrons. The van der Waals surface area contributed by atoms with Crippen molar-refractivity contribution in [3.8, 4) is 11.5 Å². The molecule has 3 amide bonds. The van der Waals surface area contributed by atoms with E-state index in [1.54, 1.807) is 44.2 Å². The molecule has 2 rings (SSSR count). The quantitative estimate of drug-likeness (QED) is 0.494. The van der Waals surface area contributed by atoms with E-state index in [2.05, 4.69) is 20.9 Å². The third kappa shape index (κ3) is 7.27. The van der Waals surface area contributed by atoms with Crippen molar-refractivity contribution in [2.75, 3.05) is 11.9 Å². The fourth-order valence-corrected chi connectivity index (χ4v) is 2.28. The third-order valence-electron chi connectivity index (χ3n) is 3.57. The lowest BCUT2D eigenvalue weighted by atomic mass is 10.2. The number of benzene rings is 2. The van der Waals surface area contributed by atoms with E-state index in [0.717, 1.165) is 0 Å². The van der Waals surface area contributed by atoms with Gasteiger partial charge in [0.1, 0.15) is 11.5 Å². The molecule has 3 N–H and O–H groups in total. The Balaban J connectivity index is 2.42. The lowest BCUT2D eigenvalue weighted by Gasteiger charge is -2.13. The number of nitrogens with zero attached hydrogens (tertiary/aromatic N) is 1. The van der Waals surface area contributed by atoms with Crippen molar-refractivity contribution in [2.45, 2.75) is 27.2 Å². The number of aliphatic imine (C=N–C) groups is 1. The molecule has 0 saturated carbocycles. The van der Waals surface area contributed by atoms with Gasteiger partial charge in [0, 0.05) is 19.4 Å². The van der Waals surface area contributed by atoms with Crippen LogP contribution in [0.25, 0.3) is 0 Å². The molecule has 30 heavy (non-hydrogen) atoms. The zero-order valence-corrected chi connectivity index (χ0v) is 17.0. The lowest BCUT2D eigenvalue weighted by Crippen LogP contribution is -2.43. The van der Waals surface area contributed by atoms with Crippen molar-refractivity contribution >= 4 is 35.2 Å². The normalized spacial score (nSPS) is 10.7. The summed E-state index contributed by atoms with van der Waals surface area (Å²) < 4.78 is 10.6. The number of carbonyl (C=O) groups is 3. The number of hydrogen-bond acceptors (Lipinski definition) is 6. The molecule has 0 spiro atoms. The molecule has 158 valence electrons. The van der Waals surface area contributed by atoms with Crippen LogP contribution in [0.5, 0.6) is 11.5 Å². The van der Waals surface area contributed by atoms with Gasteiger partial charge < -0.3 is 14.8 Å². The fourth-order valence-electron chi connectivity index (χ4n) is 2.28. The smallest absolute Gasteiger partial charge is 0.413 e. The number of alkyl carbamates (subject to hydrolysis) is 1. The minimum Gasteiger partial charge on any atom is -0.457 e. The summed E-state index contributed by atoms with van der Waals surface area (Å²) in [4.78, 5) is 39.5. The van der Waals surface area contributed by atoms with Gasteiger partial charge in [-0.25, -0.2) is 9.79 Å². The Hall–Kier alpha value is -3.88. The number of rotatable bonds is 6. The molecule has 0 unspecified atom stereocenters. The van der Waals surface area contributed by atoms with Gasteiger partial charge >= 0.3 is 6.09 Å². The number of hydrogen-bond donors (Lipinski definition) is 3. The summed E-state index contributed by atoms with van der Waals surface area (Å²) in [5.74, 6) is 0.267. The maximum absolute atomic E-state index is 11.8. The van der Waals surface area contributed by atoms with E-state index in [0.29, 0.717) is 17.2 Å². The molecule has 0 aliphatic carbocycles. The number of anilines is 1. The second kappa shape index (κ2) is 11.2. The fraction of sp³-hybridized carbons (Fsp3) is 0.238. The SMILES string of the molecule is CCOC(=O)NC(=Nc1cc(Oc2ccccc2)ccc1NC(C)=O)NC(=O)CC. The molecule has 0 aliphatic heterocycles. The minimum atomic E-state index is -0.773. The van der Waals surface area contributed by atoms with E-state index < -0.39 is 6.09 Å². The summed E-state index contributed by atoms with van der Waals surface area (Å²) in [6.07, 6.45) is -0.593. The van der Waals surface area contributed by atoms with Crippen LogP contribution in [0.4, 0.5) is 16.2 Å². The highest BCUT2D eigenvalue weighted by Crippen LogP contribution is 2.32. The van der Waals surface area contributed by atoms with Gasteiger partial charge in [-0.15, -0.1) is 0 Å². The first-order chi connectivity index (χ1) is 14.4. The largest absolute Gasteiger partial charge is 0.457 e. The molecule has 0 aliphatic rings. The van der Waals surface area contributed by atoms with E-state index in [9.17, 15) is 14.4 Å². The maximum atomic E-state index is 11.8. The van der Waals surface area contributed by atoms with E-state index in [4.69, 9.17) is 9.47 Å². The maximum Gasteiger partial charge on any atom is 0.413 e. The predicted octanol–water partition coefficient (Wildman–Crippen LogP) is 3.70. The van der Waals surface area contributed by atoms with Crippen molar-refractivity contribution in [3.63, 3.8) is 0 Å². The Morgan fingerprint density at radius 2 is 1.70 bits per heavy atom. The van der Waals surface area contributed by atoms with Gasteiger partial charge in [-0.2, -0.15) is 0 Å². The predicted molar refractivity (Wildman–Crippen MR) is 113 cm³/mol. The molecular formula is C21H24N4O5. The van der Waals surface area contributed by atoms with E-state index in [1.807, 2.05) is 18.2 Å². The second-order valence-corrected chi connectivity index (χ2v) is 5.98.